The number of amides is 1. The smallest absolute Gasteiger partial charge is 0.266 e. The molecule has 0 unspecified atom stereocenters. The van der Waals surface area contributed by atoms with E-state index in [1.165, 1.54) is 35.0 Å². The number of carbonyl (C=O) groups excluding carboxylic acids is 1. The Balaban J connectivity index is 1.69. The number of aromatic nitrogens is 2. The van der Waals surface area contributed by atoms with Crippen molar-refractivity contribution in [2.75, 3.05) is 0 Å². The summed E-state index contributed by atoms with van der Waals surface area (Å²) in [5, 5.41) is 3.12. The van der Waals surface area contributed by atoms with Crippen LogP contribution in [0.1, 0.15) is 46.1 Å². The van der Waals surface area contributed by atoms with Crippen LogP contribution in [-0.2, 0) is 0 Å². The zero-order valence-electron chi connectivity index (χ0n) is 18.8. The number of fused-ring (bicyclic) bond motifs is 1. The quantitative estimate of drug-likeness (QED) is 0.448. The standard InChI is InChI=1S/C27H23F2N3O2/c1-15-11-20(14-30-13-15)32-16(2)23(21-7-4-8-22(29)24(21)27(32)34)26(33)31-25(17-9-10-17)18-5-3-6-19(28)12-18/h3-8,11-14,17,25H,9-10H2,1-2H3,(H,31,33)/t25-/m0/s1. The Morgan fingerprint density at radius 3 is 2.56 bits per heavy atom. The van der Waals surface area contributed by atoms with Gasteiger partial charge in [-0.1, -0.05) is 24.3 Å². The van der Waals surface area contributed by atoms with E-state index < -0.39 is 17.3 Å². The molecule has 5 rings (SSSR count). The van der Waals surface area contributed by atoms with Crippen LogP contribution in [0.5, 0.6) is 0 Å². The predicted molar refractivity (Wildman–Crippen MR) is 126 cm³/mol. The maximum atomic E-state index is 14.9. The van der Waals surface area contributed by atoms with Gasteiger partial charge in [-0.05, 0) is 68.0 Å². The molecule has 2 aromatic heterocycles. The molecule has 7 heteroatoms. The summed E-state index contributed by atoms with van der Waals surface area (Å²) in [6.07, 6.45) is 5.00. The van der Waals surface area contributed by atoms with Crippen molar-refractivity contribution >= 4 is 16.7 Å². The van der Waals surface area contributed by atoms with E-state index in [0.29, 0.717) is 16.9 Å². The summed E-state index contributed by atoms with van der Waals surface area (Å²) in [4.78, 5) is 31.2. The molecule has 5 nitrogen and oxygen atoms in total. The molecule has 1 fully saturated rings. The Kier molecular flexibility index (Phi) is 5.48. The zero-order valence-corrected chi connectivity index (χ0v) is 18.8. The van der Waals surface area contributed by atoms with E-state index in [-0.39, 0.29) is 34.1 Å². The lowest BCUT2D eigenvalue weighted by molar-refractivity contribution is 0.0932. The van der Waals surface area contributed by atoms with Crippen LogP contribution in [0.4, 0.5) is 8.78 Å². The number of aryl methyl sites for hydroxylation is 1. The van der Waals surface area contributed by atoms with Gasteiger partial charge in [0.1, 0.15) is 11.6 Å². The second-order valence-corrected chi connectivity index (χ2v) is 8.83. The molecule has 0 spiro atoms. The largest absolute Gasteiger partial charge is 0.345 e. The van der Waals surface area contributed by atoms with Crippen molar-refractivity contribution in [2.24, 2.45) is 5.92 Å². The van der Waals surface area contributed by atoms with Gasteiger partial charge in [-0.15, -0.1) is 0 Å². The monoisotopic (exact) mass is 459 g/mol. The fraction of sp³-hybridized carbons (Fsp3) is 0.222. The van der Waals surface area contributed by atoms with Crippen LogP contribution in [0.25, 0.3) is 16.5 Å². The summed E-state index contributed by atoms with van der Waals surface area (Å²) in [6.45, 7) is 3.50. The van der Waals surface area contributed by atoms with Gasteiger partial charge in [0, 0.05) is 17.3 Å². The van der Waals surface area contributed by atoms with Crippen LogP contribution in [0.15, 0.2) is 65.7 Å². The Morgan fingerprint density at radius 1 is 1.09 bits per heavy atom. The van der Waals surface area contributed by atoms with Gasteiger partial charge < -0.3 is 5.32 Å². The van der Waals surface area contributed by atoms with E-state index in [2.05, 4.69) is 10.3 Å². The van der Waals surface area contributed by atoms with Gasteiger partial charge in [0.15, 0.2) is 0 Å². The Morgan fingerprint density at radius 2 is 1.85 bits per heavy atom. The summed E-state index contributed by atoms with van der Waals surface area (Å²) in [5.74, 6) is -1.32. The average Bonchev–Trinajstić information content (AvgIpc) is 3.63. The topological polar surface area (TPSA) is 64.0 Å². The minimum absolute atomic E-state index is 0.159. The zero-order chi connectivity index (χ0) is 24.0. The second kappa shape index (κ2) is 8.48. The number of pyridine rings is 2. The molecule has 34 heavy (non-hydrogen) atoms. The first-order chi connectivity index (χ1) is 16.3. The molecule has 1 atom stereocenters. The van der Waals surface area contributed by atoms with E-state index in [1.807, 2.05) is 6.92 Å². The molecule has 172 valence electrons. The summed E-state index contributed by atoms with van der Waals surface area (Å²) in [6, 6.07) is 11.8. The molecule has 1 saturated carbocycles. The lowest BCUT2D eigenvalue weighted by atomic mass is 9.99. The van der Waals surface area contributed by atoms with Gasteiger partial charge in [-0.25, -0.2) is 8.78 Å². The van der Waals surface area contributed by atoms with Crippen molar-refractivity contribution in [3.05, 3.63) is 105 Å². The molecule has 0 bridgehead atoms. The minimum atomic E-state index is -0.699. The van der Waals surface area contributed by atoms with Crippen molar-refractivity contribution in [1.29, 1.82) is 0 Å². The van der Waals surface area contributed by atoms with Crippen molar-refractivity contribution in [3.63, 3.8) is 0 Å². The fourth-order valence-electron chi connectivity index (χ4n) is 4.60. The molecule has 2 heterocycles. The highest BCUT2D eigenvalue weighted by Gasteiger charge is 2.35. The third kappa shape index (κ3) is 3.87. The number of hydrogen-bond acceptors (Lipinski definition) is 3. The molecule has 4 aromatic rings. The number of rotatable bonds is 5. The number of nitrogens with one attached hydrogen (secondary N) is 1. The van der Waals surface area contributed by atoms with Gasteiger partial charge in [0.2, 0.25) is 0 Å². The molecule has 2 aromatic carbocycles. The van der Waals surface area contributed by atoms with E-state index in [1.54, 1.807) is 37.4 Å². The van der Waals surface area contributed by atoms with Crippen molar-refractivity contribution < 1.29 is 13.6 Å². The summed E-state index contributed by atoms with van der Waals surface area (Å²) in [7, 11) is 0. The molecule has 1 amide bonds. The molecule has 1 N–H and O–H groups in total. The molecular formula is C27H23F2N3O2. The number of carbonyl (C=O) groups is 1. The normalized spacial score (nSPS) is 14.2. The first-order valence-corrected chi connectivity index (χ1v) is 11.2. The third-order valence-corrected chi connectivity index (χ3v) is 6.33. The molecule has 1 aliphatic rings. The molecule has 0 radical (unpaired) electrons. The van der Waals surface area contributed by atoms with Crippen LogP contribution in [-0.4, -0.2) is 15.5 Å². The summed E-state index contributed by atoms with van der Waals surface area (Å²) >= 11 is 0. The lowest BCUT2D eigenvalue weighted by Crippen LogP contribution is -2.33. The van der Waals surface area contributed by atoms with Gasteiger partial charge in [-0.2, -0.15) is 0 Å². The Bertz CT molecular complexity index is 1490. The van der Waals surface area contributed by atoms with Crippen molar-refractivity contribution in [3.8, 4) is 5.69 Å². The van der Waals surface area contributed by atoms with E-state index in [0.717, 1.165) is 18.4 Å². The van der Waals surface area contributed by atoms with Gasteiger partial charge in [0.05, 0.1) is 28.9 Å². The molecule has 1 aliphatic carbocycles. The van der Waals surface area contributed by atoms with Crippen LogP contribution >= 0.6 is 0 Å². The maximum absolute atomic E-state index is 14.9. The molecular weight excluding hydrogens is 436 g/mol. The molecule has 0 aliphatic heterocycles. The first-order valence-electron chi connectivity index (χ1n) is 11.2. The van der Waals surface area contributed by atoms with E-state index in [9.17, 15) is 18.4 Å². The van der Waals surface area contributed by atoms with Gasteiger partial charge in [-0.3, -0.25) is 19.1 Å². The highest BCUT2D eigenvalue weighted by atomic mass is 19.1. The first kappa shape index (κ1) is 21.9. The van der Waals surface area contributed by atoms with Gasteiger partial charge in [0.25, 0.3) is 11.5 Å². The minimum Gasteiger partial charge on any atom is -0.345 e. The van der Waals surface area contributed by atoms with Crippen LogP contribution in [0, 0.1) is 31.4 Å². The highest BCUT2D eigenvalue weighted by molar-refractivity contribution is 6.08. The lowest BCUT2D eigenvalue weighted by Gasteiger charge is -2.22. The predicted octanol–water partition coefficient (Wildman–Crippen LogP) is 5.16. The van der Waals surface area contributed by atoms with E-state index in [4.69, 9.17) is 0 Å². The maximum Gasteiger partial charge on any atom is 0.266 e. The highest BCUT2D eigenvalue weighted by Crippen LogP contribution is 2.41. The SMILES string of the molecule is Cc1cncc(-n2c(C)c(C(=O)N[C@H](c3cccc(F)c3)C3CC3)c3cccc(F)c3c2=O)c1. The molecule has 0 saturated heterocycles. The van der Waals surface area contributed by atoms with E-state index >= 15 is 0 Å². The average molecular weight is 459 g/mol. The van der Waals surface area contributed by atoms with Crippen LogP contribution in [0.2, 0.25) is 0 Å². The second-order valence-electron chi connectivity index (χ2n) is 8.83. The van der Waals surface area contributed by atoms with Crippen LogP contribution < -0.4 is 10.9 Å². The van der Waals surface area contributed by atoms with Crippen molar-refractivity contribution in [1.82, 2.24) is 14.9 Å². The summed E-state index contributed by atoms with van der Waals surface area (Å²) < 4.78 is 30.1. The summed E-state index contributed by atoms with van der Waals surface area (Å²) in [5.41, 5.74) is 1.98. The number of benzene rings is 2. The number of hydrogen-bond donors (Lipinski definition) is 1. The number of halogens is 2. The van der Waals surface area contributed by atoms with Crippen LogP contribution in [0.3, 0.4) is 0 Å². The van der Waals surface area contributed by atoms with Crippen molar-refractivity contribution in [2.45, 2.75) is 32.7 Å². The third-order valence-electron chi connectivity index (χ3n) is 6.33. The number of nitrogens with zero attached hydrogens (tertiary/aromatic N) is 2. The Hall–Kier alpha value is -3.87. The fourth-order valence-corrected chi connectivity index (χ4v) is 4.60. The Labute approximate surface area is 195 Å². The van der Waals surface area contributed by atoms with Gasteiger partial charge >= 0.3 is 0 Å².